The minimum Gasteiger partial charge on any atom is -0.359 e. The van der Waals surface area contributed by atoms with Gasteiger partial charge in [-0.05, 0) is 36.8 Å². The van der Waals surface area contributed by atoms with Crippen molar-refractivity contribution >= 4 is 57.8 Å². The first kappa shape index (κ1) is 32.2. The maximum absolute atomic E-state index is 13.1. The molecule has 0 aliphatic carbocycles. The number of aromatic nitrogens is 6. The third-order valence-corrected chi connectivity index (χ3v) is 7.44. The Morgan fingerprint density at radius 2 is 1.36 bits per heavy atom. The van der Waals surface area contributed by atoms with Gasteiger partial charge in [-0.2, -0.15) is 0 Å². The van der Waals surface area contributed by atoms with E-state index in [-0.39, 0.29) is 41.3 Å². The summed E-state index contributed by atoms with van der Waals surface area (Å²) < 4.78 is 6.47. The molecule has 5 rings (SSSR count). The summed E-state index contributed by atoms with van der Waals surface area (Å²) in [5, 5.41) is 13.5. The molecule has 244 valence electrons. The molecular weight excluding hydrogens is 606 g/mol. The highest BCUT2D eigenvalue weighted by atomic mass is 16.2. The van der Waals surface area contributed by atoms with Crippen LogP contribution < -0.4 is 26.6 Å². The van der Waals surface area contributed by atoms with E-state index in [0.717, 1.165) is 5.52 Å². The van der Waals surface area contributed by atoms with E-state index in [1.165, 1.54) is 16.8 Å². The van der Waals surface area contributed by atoms with Gasteiger partial charge in [0.25, 0.3) is 23.6 Å². The molecule has 0 saturated heterocycles. The highest BCUT2D eigenvalue weighted by Gasteiger charge is 2.20. The standard InChI is InChI=1S/C31H35N11O5/c1-32-26(43)7-6-10-33-31(47)27-37-25(16-41(27)4)38-30(46)24-13-20(15-40(24)3)36-29(45)23-12-19(14-39(23)2)35-28(44)18-8-9-22-21(11-18)34-17-42(22)5/h8-9,11-17H,6-7,10H2,1-5H3,(H,32,43)(H,33,47)(H,35,44)(H,36,45)(H,38,46). The van der Waals surface area contributed by atoms with Crippen LogP contribution in [0.1, 0.15) is 54.8 Å². The van der Waals surface area contributed by atoms with Crippen LogP contribution in [0.3, 0.4) is 0 Å². The van der Waals surface area contributed by atoms with Gasteiger partial charge >= 0.3 is 0 Å². The zero-order chi connectivity index (χ0) is 33.8. The molecule has 4 aromatic heterocycles. The second kappa shape index (κ2) is 13.4. The Morgan fingerprint density at radius 3 is 2.02 bits per heavy atom. The third kappa shape index (κ3) is 7.22. The predicted molar refractivity (Wildman–Crippen MR) is 174 cm³/mol. The second-order valence-electron chi connectivity index (χ2n) is 11.0. The van der Waals surface area contributed by atoms with Gasteiger partial charge < -0.3 is 44.9 Å². The molecule has 0 aliphatic heterocycles. The Kier molecular flexibility index (Phi) is 9.21. The molecular formula is C31H35N11O5. The Labute approximate surface area is 269 Å². The van der Waals surface area contributed by atoms with Crippen molar-refractivity contribution in [3.63, 3.8) is 0 Å². The van der Waals surface area contributed by atoms with E-state index in [1.807, 2.05) is 17.7 Å². The lowest BCUT2D eigenvalue weighted by Crippen LogP contribution is -2.28. The highest BCUT2D eigenvalue weighted by molar-refractivity contribution is 6.09. The van der Waals surface area contributed by atoms with E-state index in [2.05, 4.69) is 36.6 Å². The van der Waals surface area contributed by atoms with E-state index < -0.39 is 17.7 Å². The fourth-order valence-electron chi connectivity index (χ4n) is 4.97. The average molecular weight is 642 g/mol. The van der Waals surface area contributed by atoms with E-state index in [1.54, 1.807) is 74.2 Å². The van der Waals surface area contributed by atoms with Gasteiger partial charge in [0.15, 0.2) is 5.82 Å². The lowest BCUT2D eigenvalue weighted by molar-refractivity contribution is -0.120. The Bertz CT molecular complexity index is 2010. The molecule has 4 heterocycles. The minimum atomic E-state index is -0.503. The number of hydrogen-bond acceptors (Lipinski definition) is 7. The molecule has 5 amide bonds. The van der Waals surface area contributed by atoms with Crippen LogP contribution in [0.5, 0.6) is 0 Å². The number of nitrogens with zero attached hydrogens (tertiary/aromatic N) is 6. The molecule has 0 spiro atoms. The van der Waals surface area contributed by atoms with E-state index in [9.17, 15) is 24.0 Å². The molecule has 0 aliphatic rings. The van der Waals surface area contributed by atoms with Gasteiger partial charge in [0.1, 0.15) is 11.4 Å². The van der Waals surface area contributed by atoms with Crippen molar-refractivity contribution in [2.24, 2.45) is 28.2 Å². The molecule has 0 bridgehead atoms. The second-order valence-corrected chi connectivity index (χ2v) is 11.0. The van der Waals surface area contributed by atoms with Crippen molar-refractivity contribution in [1.29, 1.82) is 0 Å². The first-order chi connectivity index (χ1) is 22.4. The molecule has 47 heavy (non-hydrogen) atoms. The van der Waals surface area contributed by atoms with Gasteiger partial charge in [0.05, 0.1) is 28.7 Å². The molecule has 16 heteroatoms. The number of fused-ring (bicyclic) bond motifs is 1. The molecule has 0 fully saturated rings. The van der Waals surface area contributed by atoms with Crippen LogP contribution in [-0.2, 0) is 33.0 Å². The van der Waals surface area contributed by atoms with Crippen LogP contribution in [0.4, 0.5) is 17.2 Å². The van der Waals surface area contributed by atoms with Crippen LogP contribution in [0.15, 0.2) is 55.2 Å². The summed E-state index contributed by atoms with van der Waals surface area (Å²) in [5.74, 6) is -1.59. The summed E-state index contributed by atoms with van der Waals surface area (Å²) in [6.07, 6.45) is 7.15. The van der Waals surface area contributed by atoms with Crippen LogP contribution in [0.2, 0.25) is 0 Å². The SMILES string of the molecule is CNC(=O)CCCNC(=O)c1nc(NC(=O)c2cc(NC(=O)c3cc(NC(=O)c4ccc5c(c4)ncn5C)cn3C)cn2C)cn1C. The van der Waals surface area contributed by atoms with Crippen LogP contribution in [0.25, 0.3) is 11.0 Å². The fraction of sp³-hybridized carbons (Fsp3) is 0.258. The topological polar surface area (TPSA) is 191 Å². The number of aryl methyl sites for hydroxylation is 4. The maximum Gasteiger partial charge on any atom is 0.287 e. The number of nitrogens with one attached hydrogen (secondary N) is 5. The quantitative estimate of drug-likeness (QED) is 0.136. The molecule has 0 saturated carbocycles. The van der Waals surface area contributed by atoms with Crippen molar-refractivity contribution < 1.29 is 24.0 Å². The van der Waals surface area contributed by atoms with Crippen molar-refractivity contribution in [3.05, 3.63) is 78.0 Å². The fourth-order valence-corrected chi connectivity index (χ4v) is 4.97. The van der Waals surface area contributed by atoms with Gasteiger partial charge in [-0.25, -0.2) is 9.97 Å². The first-order valence-electron chi connectivity index (χ1n) is 14.6. The van der Waals surface area contributed by atoms with Crippen molar-refractivity contribution in [2.75, 3.05) is 29.5 Å². The molecule has 0 atom stereocenters. The van der Waals surface area contributed by atoms with Crippen LogP contribution in [-0.4, -0.2) is 71.4 Å². The molecule has 0 radical (unpaired) electrons. The average Bonchev–Trinajstić information content (AvgIpc) is 3.80. The Balaban J connectivity index is 1.18. The lowest BCUT2D eigenvalue weighted by atomic mass is 10.2. The van der Waals surface area contributed by atoms with Crippen LogP contribution in [0, 0.1) is 0 Å². The number of anilines is 3. The molecule has 0 unspecified atom stereocenters. The van der Waals surface area contributed by atoms with Gasteiger partial charge in [0.2, 0.25) is 11.7 Å². The number of rotatable bonds is 11. The lowest BCUT2D eigenvalue weighted by Gasteiger charge is -2.04. The summed E-state index contributed by atoms with van der Waals surface area (Å²) in [7, 11) is 8.38. The molecule has 5 aromatic rings. The van der Waals surface area contributed by atoms with E-state index in [4.69, 9.17) is 0 Å². The first-order valence-corrected chi connectivity index (χ1v) is 14.6. The van der Waals surface area contributed by atoms with Crippen molar-refractivity contribution in [2.45, 2.75) is 12.8 Å². The summed E-state index contributed by atoms with van der Waals surface area (Å²) in [5.41, 5.74) is 3.35. The van der Waals surface area contributed by atoms with Crippen molar-refractivity contribution in [1.82, 2.24) is 38.9 Å². The number of imidazole rings is 2. The monoisotopic (exact) mass is 641 g/mol. The molecule has 1 aromatic carbocycles. The Hall–Kier alpha value is -6.19. The summed E-state index contributed by atoms with van der Waals surface area (Å²) in [6.45, 7) is 0.292. The normalized spacial score (nSPS) is 10.9. The number of benzene rings is 1. The highest BCUT2D eigenvalue weighted by Crippen LogP contribution is 2.20. The largest absolute Gasteiger partial charge is 0.359 e. The van der Waals surface area contributed by atoms with Crippen LogP contribution >= 0.6 is 0 Å². The predicted octanol–water partition coefficient (Wildman–Crippen LogP) is 2.00. The number of hydrogen-bond donors (Lipinski definition) is 5. The minimum absolute atomic E-state index is 0.0903. The number of carbonyl (C=O) groups excluding carboxylic acids is 5. The summed E-state index contributed by atoms with van der Waals surface area (Å²) in [6, 6.07) is 8.30. The number of carbonyl (C=O) groups is 5. The number of amides is 5. The third-order valence-electron chi connectivity index (χ3n) is 7.44. The Morgan fingerprint density at radius 1 is 0.723 bits per heavy atom. The maximum atomic E-state index is 13.1. The zero-order valence-electron chi connectivity index (χ0n) is 26.5. The molecule has 5 N–H and O–H groups in total. The zero-order valence-corrected chi connectivity index (χ0v) is 26.5. The van der Waals surface area contributed by atoms with E-state index in [0.29, 0.717) is 35.4 Å². The smallest absolute Gasteiger partial charge is 0.287 e. The van der Waals surface area contributed by atoms with Gasteiger partial charge in [-0.3, -0.25) is 24.0 Å². The van der Waals surface area contributed by atoms with Gasteiger partial charge in [0, 0.05) is 72.4 Å². The van der Waals surface area contributed by atoms with Gasteiger partial charge in [-0.1, -0.05) is 0 Å². The van der Waals surface area contributed by atoms with E-state index >= 15 is 0 Å². The summed E-state index contributed by atoms with van der Waals surface area (Å²) >= 11 is 0. The summed E-state index contributed by atoms with van der Waals surface area (Å²) in [4.78, 5) is 71.5. The molecule has 16 nitrogen and oxygen atoms in total. The van der Waals surface area contributed by atoms with Crippen molar-refractivity contribution in [3.8, 4) is 0 Å². The van der Waals surface area contributed by atoms with Gasteiger partial charge in [-0.15, -0.1) is 0 Å².